The number of amides is 1. The summed E-state index contributed by atoms with van der Waals surface area (Å²) in [7, 11) is 3.46. The minimum absolute atomic E-state index is 0.0389. The number of hydrogen-bond acceptors (Lipinski definition) is 5. The molecule has 0 aliphatic rings. The van der Waals surface area contributed by atoms with E-state index in [1.807, 2.05) is 6.92 Å². The van der Waals surface area contributed by atoms with Crippen molar-refractivity contribution >= 4 is 45.0 Å². The maximum Gasteiger partial charge on any atom is 0.263 e. The standard InChI is InChI=1S/C14H19ClN4OS/c1-6-7(2)16-14-17-11(15)9-8(3)10(13(20)19(4)5)21-12(9)18-14/h7H,6H2,1-5H3,(H,16,17,18). The number of rotatable bonds is 4. The molecule has 0 spiro atoms. The van der Waals surface area contributed by atoms with E-state index in [0.717, 1.165) is 22.2 Å². The molecule has 1 unspecified atom stereocenters. The zero-order chi connectivity index (χ0) is 15.7. The third-order valence-electron chi connectivity index (χ3n) is 3.33. The molecule has 7 heteroatoms. The Morgan fingerprint density at radius 1 is 1.43 bits per heavy atom. The molecule has 0 radical (unpaired) electrons. The van der Waals surface area contributed by atoms with Crippen molar-refractivity contribution in [2.75, 3.05) is 19.4 Å². The van der Waals surface area contributed by atoms with Crippen molar-refractivity contribution in [3.8, 4) is 0 Å². The first-order valence-electron chi connectivity index (χ1n) is 6.80. The zero-order valence-electron chi connectivity index (χ0n) is 12.8. The van der Waals surface area contributed by atoms with E-state index in [0.29, 0.717) is 16.0 Å². The molecule has 21 heavy (non-hydrogen) atoms. The molecule has 2 aromatic heterocycles. The molecule has 0 fully saturated rings. The van der Waals surface area contributed by atoms with E-state index in [-0.39, 0.29) is 11.9 Å². The summed E-state index contributed by atoms with van der Waals surface area (Å²) in [6.07, 6.45) is 0.965. The van der Waals surface area contributed by atoms with Gasteiger partial charge in [-0.3, -0.25) is 4.79 Å². The Labute approximate surface area is 133 Å². The van der Waals surface area contributed by atoms with Gasteiger partial charge in [0, 0.05) is 20.1 Å². The van der Waals surface area contributed by atoms with Crippen LogP contribution in [-0.4, -0.2) is 40.9 Å². The van der Waals surface area contributed by atoms with E-state index in [9.17, 15) is 4.79 Å². The summed E-state index contributed by atoms with van der Waals surface area (Å²) in [5, 5.41) is 4.36. The SMILES string of the molecule is CCC(C)Nc1nc(Cl)c2c(C)c(C(=O)N(C)C)sc2n1. The van der Waals surface area contributed by atoms with Crippen LogP contribution in [0.3, 0.4) is 0 Å². The number of halogens is 1. The quantitative estimate of drug-likeness (QED) is 0.873. The fraction of sp³-hybridized carbons (Fsp3) is 0.500. The second-order valence-electron chi connectivity index (χ2n) is 5.23. The molecule has 2 aromatic rings. The number of nitrogens with zero attached hydrogens (tertiary/aromatic N) is 3. The Hall–Kier alpha value is -1.40. The molecule has 2 rings (SSSR count). The lowest BCUT2D eigenvalue weighted by molar-refractivity contribution is 0.0831. The van der Waals surface area contributed by atoms with Crippen LogP contribution in [0.4, 0.5) is 5.95 Å². The predicted octanol–water partition coefficient (Wildman–Crippen LogP) is 3.57. The summed E-state index contributed by atoms with van der Waals surface area (Å²) >= 11 is 7.64. The van der Waals surface area contributed by atoms with Crippen LogP contribution >= 0.6 is 22.9 Å². The van der Waals surface area contributed by atoms with Gasteiger partial charge in [-0.2, -0.15) is 0 Å². The van der Waals surface area contributed by atoms with Crippen molar-refractivity contribution in [1.82, 2.24) is 14.9 Å². The summed E-state index contributed by atoms with van der Waals surface area (Å²) in [5.41, 5.74) is 0.841. The predicted molar refractivity (Wildman–Crippen MR) is 88.6 cm³/mol. The Balaban J connectivity index is 2.52. The monoisotopic (exact) mass is 326 g/mol. The minimum Gasteiger partial charge on any atom is -0.352 e. The number of thiophene rings is 1. The van der Waals surface area contributed by atoms with E-state index in [1.54, 1.807) is 19.0 Å². The highest BCUT2D eigenvalue weighted by molar-refractivity contribution is 7.20. The van der Waals surface area contributed by atoms with E-state index >= 15 is 0 Å². The second-order valence-corrected chi connectivity index (χ2v) is 6.58. The smallest absolute Gasteiger partial charge is 0.263 e. The highest BCUT2D eigenvalue weighted by Gasteiger charge is 2.21. The van der Waals surface area contributed by atoms with Gasteiger partial charge < -0.3 is 10.2 Å². The lowest BCUT2D eigenvalue weighted by atomic mass is 10.2. The van der Waals surface area contributed by atoms with E-state index < -0.39 is 0 Å². The van der Waals surface area contributed by atoms with Crippen LogP contribution in [0.1, 0.15) is 35.5 Å². The van der Waals surface area contributed by atoms with Crippen LogP contribution in [0.25, 0.3) is 10.2 Å². The van der Waals surface area contributed by atoms with Gasteiger partial charge in [-0.25, -0.2) is 9.97 Å². The van der Waals surface area contributed by atoms with Crippen LogP contribution in [0, 0.1) is 6.92 Å². The van der Waals surface area contributed by atoms with Gasteiger partial charge in [0.15, 0.2) is 0 Å². The van der Waals surface area contributed by atoms with E-state index in [2.05, 4.69) is 29.1 Å². The summed E-state index contributed by atoms with van der Waals surface area (Å²) in [5.74, 6) is 0.468. The van der Waals surface area contributed by atoms with Crippen molar-refractivity contribution in [2.45, 2.75) is 33.2 Å². The van der Waals surface area contributed by atoms with E-state index in [4.69, 9.17) is 11.6 Å². The van der Waals surface area contributed by atoms with Crippen LogP contribution in [-0.2, 0) is 0 Å². The molecule has 0 bridgehead atoms. The lowest BCUT2D eigenvalue weighted by Crippen LogP contribution is -2.21. The van der Waals surface area contributed by atoms with Crippen LogP contribution in [0.5, 0.6) is 0 Å². The summed E-state index contributed by atoms with van der Waals surface area (Å²) in [6.45, 7) is 6.02. The van der Waals surface area contributed by atoms with Crippen LogP contribution < -0.4 is 5.32 Å². The van der Waals surface area contributed by atoms with Gasteiger partial charge in [-0.1, -0.05) is 18.5 Å². The fourth-order valence-electron chi connectivity index (χ4n) is 1.88. The first-order chi connectivity index (χ1) is 9.85. The normalized spacial score (nSPS) is 12.5. The topological polar surface area (TPSA) is 58.1 Å². The zero-order valence-corrected chi connectivity index (χ0v) is 14.4. The third kappa shape index (κ3) is 3.11. The van der Waals surface area contributed by atoms with Crippen molar-refractivity contribution in [3.05, 3.63) is 15.6 Å². The second kappa shape index (κ2) is 6.15. The Kier molecular flexibility index (Phi) is 4.68. The molecule has 0 aliphatic heterocycles. The molecule has 1 atom stereocenters. The van der Waals surface area contributed by atoms with Crippen molar-refractivity contribution in [3.63, 3.8) is 0 Å². The summed E-state index contributed by atoms with van der Waals surface area (Å²) < 4.78 is 0. The first kappa shape index (κ1) is 16.0. The van der Waals surface area contributed by atoms with Crippen molar-refractivity contribution < 1.29 is 4.79 Å². The van der Waals surface area contributed by atoms with Gasteiger partial charge >= 0.3 is 0 Å². The maximum absolute atomic E-state index is 12.2. The number of aryl methyl sites for hydroxylation is 1. The summed E-state index contributed by atoms with van der Waals surface area (Å²) in [4.78, 5) is 23.9. The number of hydrogen-bond donors (Lipinski definition) is 1. The Morgan fingerprint density at radius 3 is 2.67 bits per heavy atom. The number of carbonyl (C=O) groups is 1. The van der Waals surface area contributed by atoms with Crippen LogP contribution in [0.2, 0.25) is 5.15 Å². The highest BCUT2D eigenvalue weighted by atomic mass is 35.5. The molecule has 0 aliphatic carbocycles. The summed E-state index contributed by atoms with van der Waals surface area (Å²) in [6, 6.07) is 0.266. The Morgan fingerprint density at radius 2 is 2.10 bits per heavy atom. The molecule has 0 saturated carbocycles. The molecule has 0 aromatic carbocycles. The van der Waals surface area contributed by atoms with Crippen molar-refractivity contribution in [2.24, 2.45) is 0 Å². The van der Waals surface area contributed by atoms with Gasteiger partial charge in [0.1, 0.15) is 9.98 Å². The van der Waals surface area contributed by atoms with Gasteiger partial charge in [0.25, 0.3) is 5.91 Å². The van der Waals surface area contributed by atoms with Crippen molar-refractivity contribution in [1.29, 1.82) is 0 Å². The minimum atomic E-state index is -0.0389. The average molecular weight is 327 g/mol. The highest BCUT2D eigenvalue weighted by Crippen LogP contribution is 2.34. The molecule has 1 N–H and O–H groups in total. The largest absolute Gasteiger partial charge is 0.352 e. The van der Waals surface area contributed by atoms with E-state index in [1.165, 1.54) is 11.3 Å². The molecule has 5 nitrogen and oxygen atoms in total. The number of fused-ring (bicyclic) bond motifs is 1. The number of anilines is 1. The van der Waals surface area contributed by atoms with Gasteiger partial charge in [0.2, 0.25) is 5.95 Å². The number of aromatic nitrogens is 2. The molecular weight excluding hydrogens is 308 g/mol. The third-order valence-corrected chi connectivity index (χ3v) is 4.78. The number of nitrogens with one attached hydrogen (secondary N) is 1. The van der Waals surface area contributed by atoms with Gasteiger partial charge in [-0.05, 0) is 25.8 Å². The fourth-order valence-corrected chi connectivity index (χ4v) is 3.45. The molecule has 1 amide bonds. The van der Waals surface area contributed by atoms with Gasteiger partial charge in [0.05, 0.1) is 10.3 Å². The lowest BCUT2D eigenvalue weighted by Gasteiger charge is -2.11. The number of carbonyl (C=O) groups excluding carboxylic acids is 1. The van der Waals surface area contributed by atoms with Gasteiger partial charge in [-0.15, -0.1) is 11.3 Å². The Bertz CT molecular complexity index is 683. The molecular formula is C14H19ClN4OS. The molecule has 0 saturated heterocycles. The first-order valence-corrected chi connectivity index (χ1v) is 7.99. The average Bonchev–Trinajstić information content (AvgIpc) is 2.75. The molecule has 2 heterocycles. The molecule has 114 valence electrons. The van der Waals surface area contributed by atoms with Crippen LogP contribution in [0.15, 0.2) is 0 Å². The maximum atomic E-state index is 12.2.